The summed E-state index contributed by atoms with van der Waals surface area (Å²) < 4.78 is 25.7. The summed E-state index contributed by atoms with van der Waals surface area (Å²) in [5.41, 5.74) is 2.10. The smallest absolute Gasteiger partial charge is 0.271 e. The molecule has 0 saturated carbocycles. The molecule has 0 bridgehead atoms. The van der Waals surface area contributed by atoms with Crippen molar-refractivity contribution in [3.05, 3.63) is 35.2 Å². The number of dihydropyridines is 1. The topological polar surface area (TPSA) is 12.0 Å². The van der Waals surface area contributed by atoms with Crippen molar-refractivity contribution in [1.82, 2.24) is 5.32 Å². The SMILES string of the molecule is CC/C(C)=C1\C=CC(C(C)(F)F)=CN1. The number of hydrogen-bond donors (Lipinski definition) is 1. The number of alkyl halides is 2. The molecule has 1 N–H and O–H groups in total. The molecule has 0 aliphatic carbocycles. The molecule has 3 heteroatoms. The maximum atomic E-state index is 12.8. The molecule has 14 heavy (non-hydrogen) atoms. The van der Waals surface area contributed by atoms with Crippen LogP contribution in [0.1, 0.15) is 27.2 Å². The molecular weight excluding hydrogens is 184 g/mol. The first kappa shape index (κ1) is 11.0. The van der Waals surface area contributed by atoms with Crippen molar-refractivity contribution in [2.75, 3.05) is 0 Å². The predicted molar refractivity (Wildman–Crippen MR) is 54.0 cm³/mol. The fourth-order valence-electron chi connectivity index (χ4n) is 1.15. The maximum Gasteiger partial charge on any atom is 0.271 e. The van der Waals surface area contributed by atoms with Crippen LogP contribution >= 0.6 is 0 Å². The van der Waals surface area contributed by atoms with Gasteiger partial charge in [0.2, 0.25) is 0 Å². The van der Waals surface area contributed by atoms with E-state index in [0.29, 0.717) is 0 Å². The molecule has 0 fully saturated rings. The molecule has 0 unspecified atom stereocenters. The third-order valence-electron chi connectivity index (χ3n) is 2.31. The van der Waals surface area contributed by atoms with Gasteiger partial charge in [-0.15, -0.1) is 0 Å². The van der Waals surface area contributed by atoms with Crippen LogP contribution in [-0.2, 0) is 0 Å². The predicted octanol–water partition coefficient (Wildman–Crippen LogP) is 3.37. The van der Waals surface area contributed by atoms with E-state index in [9.17, 15) is 8.78 Å². The molecular formula is C11H15F2N. The van der Waals surface area contributed by atoms with Crippen molar-refractivity contribution >= 4 is 0 Å². The van der Waals surface area contributed by atoms with Crippen molar-refractivity contribution in [2.24, 2.45) is 0 Å². The van der Waals surface area contributed by atoms with Crippen LogP contribution in [0.3, 0.4) is 0 Å². The minimum atomic E-state index is -2.77. The fraction of sp³-hybridized carbons (Fsp3) is 0.455. The standard InChI is InChI=1S/C11H15F2N/c1-4-8(2)10-6-5-9(7-14-10)11(3,12)13/h5-7,14H,4H2,1-3H3/b10-8+. The average molecular weight is 199 g/mol. The molecule has 0 atom stereocenters. The Morgan fingerprint density at radius 1 is 1.43 bits per heavy atom. The molecule has 78 valence electrons. The van der Waals surface area contributed by atoms with E-state index in [1.165, 1.54) is 12.3 Å². The molecule has 1 aliphatic rings. The van der Waals surface area contributed by atoms with Crippen LogP contribution in [0.2, 0.25) is 0 Å². The Hall–Kier alpha value is -1.12. The van der Waals surface area contributed by atoms with Crippen LogP contribution in [0.15, 0.2) is 35.2 Å². The third-order valence-corrected chi connectivity index (χ3v) is 2.31. The molecule has 0 aromatic carbocycles. The summed E-state index contributed by atoms with van der Waals surface area (Å²) in [7, 11) is 0. The summed E-state index contributed by atoms with van der Waals surface area (Å²) >= 11 is 0. The van der Waals surface area contributed by atoms with Crippen LogP contribution in [0.5, 0.6) is 0 Å². The van der Waals surface area contributed by atoms with Crippen molar-refractivity contribution in [1.29, 1.82) is 0 Å². The number of rotatable bonds is 2. The summed E-state index contributed by atoms with van der Waals surface area (Å²) in [6, 6.07) is 0. The Morgan fingerprint density at radius 3 is 2.43 bits per heavy atom. The zero-order valence-electron chi connectivity index (χ0n) is 8.70. The summed E-state index contributed by atoms with van der Waals surface area (Å²) in [5.74, 6) is -2.77. The molecule has 0 saturated heterocycles. The van der Waals surface area contributed by atoms with E-state index in [4.69, 9.17) is 0 Å². The second-order valence-electron chi connectivity index (χ2n) is 3.51. The summed E-state index contributed by atoms with van der Waals surface area (Å²) in [4.78, 5) is 0. The molecule has 0 amide bonds. The summed E-state index contributed by atoms with van der Waals surface area (Å²) in [6.45, 7) is 4.91. The Labute approximate surface area is 83.2 Å². The average Bonchev–Trinajstić information content (AvgIpc) is 2.15. The number of allylic oxidation sites excluding steroid dienone is 4. The highest BCUT2D eigenvalue weighted by atomic mass is 19.3. The lowest BCUT2D eigenvalue weighted by molar-refractivity contribution is 0.0668. The van der Waals surface area contributed by atoms with Crippen LogP contribution in [-0.4, -0.2) is 5.92 Å². The zero-order valence-corrected chi connectivity index (χ0v) is 8.70. The molecule has 1 aliphatic heterocycles. The van der Waals surface area contributed by atoms with Gasteiger partial charge in [0.05, 0.1) is 0 Å². The highest BCUT2D eigenvalue weighted by Gasteiger charge is 2.26. The van der Waals surface area contributed by atoms with E-state index in [1.807, 2.05) is 13.8 Å². The Balaban J connectivity index is 2.82. The van der Waals surface area contributed by atoms with Crippen LogP contribution < -0.4 is 5.32 Å². The van der Waals surface area contributed by atoms with Gasteiger partial charge in [-0.05, 0) is 25.5 Å². The Kier molecular flexibility index (Phi) is 3.09. The van der Waals surface area contributed by atoms with Gasteiger partial charge < -0.3 is 5.32 Å². The first-order valence-corrected chi connectivity index (χ1v) is 4.68. The summed E-state index contributed by atoms with van der Waals surface area (Å²) in [5, 5.41) is 2.88. The van der Waals surface area contributed by atoms with Crippen molar-refractivity contribution in [3.63, 3.8) is 0 Å². The van der Waals surface area contributed by atoms with E-state index < -0.39 is 5.92 Å². The highest BCUT2D eigenvalue weighted by Crippen LogP contribution is 2.26. The van der Waals surface area contributed by atoms with E-state index in [0.717, 1.165) is 24.6 Å². The van der Waals surface area contributed by atoms with Gasteiger partial charge in [-0.25, -0.2) is 8.78 Å². The van der Waals surface area contributed by atoms with Crippen molar-refractivity contribution in [3.8, 4) is 0 Å². The van der Waals surface area contributed by atoms with E-state index >= 15 is 0 Å². The second kappa shape index (κ2) is 3.95. The molecule has 1 heterocycles. The highest BCUT2D eigenvalue weighted by molar-refractivity contribution is 5.38. The largest absolute Gasteiger partial charge is 0.361 e. The molecule has 1 nitrogen and oxygen atoms in total. The van der Waals surface area contributed by atoms with Gasteiger partial charge in [-0.2, -0.15) is 0 Å². The second-order valence-corrected chi connectivity index (χ2v) is 3.51. The van der Waals surface area contributed by atoms with E-state index in [1.54, 1.807) is 6.08 Å². The molecule has 0 spiro atoms. The van der Waals surface area contributed by atoms with Crippen LogP contribution in [0, 0.1) is 0 Å². The number of hydrogen-bond acceptors (Lipinski definition) is 1. The first-order valence-electron chi connectivity index (χ1n) is 4.68. The fourth-order valence-corrected chi connectivity index (χ4v) is 1.15. The normalized spacial score (nSPS) is 20.2. The third kappa shape index (κ3) is 2.44. The molecule has 0 radical (unpaired) electrons. The maximum absolute atomic E-state index is 12.8. The first-order chi connectivity index (χ1) is 6.45. The van der Waals surface area contributed by atoms with Crippen LogP contribution in [0.25, 0.3) is 0 Å². The van der Waals surface area contributed by atoms with Crippen molar-refractivity contribution in [2.45, 2.75) is 33.1 Å². The van der Waals surface area contributed by atoms with E-state index in [2.05, 4.69) is 5.32 Å². The van der Waals surface area contributed by atoms with Gasteiger partial charge >= 0.3 is 0 Å². The molecule has 0 aromatic rings. The minimum absolute atomic E-state index is 0.0187. The van der Waals surface area contributed by atoms with Gasteiger partial charge in [0.25, 0.3) is 5.92 Å². The quantitative estimate of drug-likeness (QED) is 0.719. The number of nitrogens with one attached hydrogen (secondary N) is 1. The number of halogens is 2. The molecule has 1 rings (SSSR count). The lowest BCUT2D eigenvalue weighted by Gasteiger charge is -2.18. The van der Waals surface area contributed by atoms with E-state index in [-0.39, 0.29) is 5.57 Å². The van der Waals surface area contributed by atoms with Crippen LogP contribution in [0.4, 0.5) is 8.78 Å². The Morgan fingerprint density at radius 2 is 2.07 bits per heavy atom. The lowest BCUT2D eigenvalue weighted by atomic mass is 10.1. The lowest BCUT2D eigenvalue weighted by Crippen LogP contribution is -2.19. The van der Waals surface area contributed by atoms with Gasteiger partial charge in [0.15, 0.2) is 0 Å². The van der Waals surface area contributed by atoms with Crippen molar-refractivity contribution < 1.29 is 8.78 Å². The van der Waals surface area contributed by atoms with Gasteiger partial charge in [-0.3, -0.25) is 0 Å². The minimum Gasteiger partial charge on any atom is -0.361 e. The monoisotopic (exact) mass is 199 g/mol. The van der Waals surface area contributed by atoms with Gasteiger partial charge in [0.1, 0.15) is 0 Å². The zero-order chi connectivity index (χ0) is 10.8. The van der Waals surface area contributed by atoms with Gasteiger partial charge in [0, 0.05) is 24.4 Å². The molecule has 0 aromatic heterocycles. The Bertz CT molecular complexity index is 306. The van der Waals surface area contributed by atoms with Gasteiger partial charge in [-0.1, -0.05) is 12.5 Å². The summed E-state index contributed by atoms with van der Waals surface area (Å²) in [6.07, 6.45) is 5.45.